The van der Waals surface area contributed by atoms with Gasteiger partial charge in [0.25, 0.3) is 0 Å². The lowest BCUT2D eigenvalue weighted by Gasteiger charge is -2.08. The maximum Gasteiger partial charge on any atom is 0.116 e. The number of terminal acetylenes is 1. The molecular weight excluding hydrogens is 196 g/mol. The molecule has 1 nitrogen and oxygen atoms in total. The highest BCUT2D eigenvalue weighted by Gasteiger charge is 2.06. The molecule has 0 radical (unpaired) electrons. The second-order valence-corrected chi connectivity index (χ2v) is 3.90. The van der Waals surface area contributed by atoms with Crippen LogP contribution in [0.15, 0.2) is 30.3 Å². The number of phenolic OH excluding ortho intramolecular Hbond substituents is 1. The lowest BCUT2D eigenvalue weighted by molar-refractivity contribution is 0.475. The van der Waals surface area contributed by atoms with Crippen molar-refractivity contribution >= 4 is 10.8 Å². The molecule has 2 rings (SSSR count). The molecule has 2 aromatic carbocycles. The highest BCUT2D eigenvalue weighted by atomic mass is 16.3. The van der Waals surface area contributed by atoms with Crippen LogP contribution in [0.3, 0.4) is 0 Å². The number of hydrogen-bond donors (Lipinski definition) is 1. The van der Waals surface area contributed by atoms with Gasteiger partial charge >= 0.3 is 0 Å². The molecule has 0 saturated heterocycles. The number of hydrogen-bond acceptors (Lipinski definition) is 1. The van der Waals surface area contributed by atoms with E-state index in [0.29, 0.717) is 5.75 Å². The summed E-state index contributed by atoms with van der Waals surface area (Å²) in [5, 5.41) is 11.8. The van der Waals surface area contributed by atoms with Gasteiger partial charge in [-0.15, -0.1) is 6.42 Å². The van der Waals surface area contributed by atoms with Crippen molar-refractivity contribution in [1.29, 1.82) is 0 Å². The Bertz CT molecular complexity index is 561. The molecule has 0 saturated carbocycles. The number of aromatic hydroxyl groups is 1. The van der Waals surface area contributed by atoms with Crippen molar-refractivity contribution in [1.82, 2.24) is 0 Å². The maximum atomic E-state index is 9.65. The Hall–Kier alpha value is -1.94. The molecule has 0 bridgehead atoms. The molecule has 0 aromatic heterocycles. The van der Waals surface area contributed by atoms with Crippen molar-refractivity contribution in [2.24, 2.45) is 0 Å². The van der Waals surface area contributed by atoms with Crippen LogP contribution in [-0.2, 0) is 6.42 Å². The number of aryl methyl sites for hydroxylation is 1. The minimum Gasteiger partial charge on any atom is -0.508 e. The van der Waals surface area contributed by atoms with Crippen molar-refractivity contribution in [2.75, 3.05) is 0 Å². The molecule has 0 spiro atoms. The van der Waals surface area contributed by atoms with Gasteiger partial charge in [0.2, 0.25) is 0 Å². The molecule has 0 aliphatic carbocycles. The Morgan fingerprint density at radius 2 is 2.12 bits per heavy atom. The highest BCUT2D eigenvalue weighted by molar-refractivity contribution is 5.92. The Balaban J connectivity index is 2.81. The zero-order valence-electron chi connectivity index (χ0n) is 9.33. The SMILES string of the molecule is C#Cc1cccc2cc(O)cc(CCC)c12. The molecule has 2 aromatic rings. The lowest BCUT2D eigenvalue weighted by Crippen LogP contribution is -1.89. The summed E-state index contributed by atoms with van der Waals surface area (Å²) in [7, 11) is 0. The molecule has 1 N–H and O–H groups in total. The first-order valence-corrected chi connectivity index (χ1v) is 5.47. The van der Waals surface area contributed by atoms with E-state index in [1.807, 2.05) is 24.3 Å². The zero-order chi connectivity index (χ0) is 11.5. The van der Waals surface area contributed by atoms with Gasteiger partial charge in [-0.1, -0.05) is 31.4 Å². The fourth-order valence-electron chi connectivity index (χ4n) is 2.09. The van der Waals surface area contributed by atoms with Gasteiger partial charge in [-0.2, -0.15) is 0 Å². The summed E-state index contributed by atoms with van der Waals surface area (Å²) in [4.78, 5) is 0. The van der Waals surface area contributed by atoms with Crippen molar-refractivity contribution in [2.45, 2.75) is 19.8 Å². The largest absolute Gasteiger partial charge is 0.508 e. The Labute approximate surface area is 95.7 Å². The van der Waals surface area contributed by atoms with E-state index in [4.69, 9.17) is 6.42 Å². The highest BCUT2D eigenvalue weighted by Crippen LogP contribution is 2.28. The summed E-state index contributed by atoms with van der Waals surface area (Å²) in [6, 6.07) is 9.42. The van der Waals surface area contributed by atoms with E-state index >= 15 is 0 Å². The Morgan fingerprint density at radius 1 is 1.31 bits per heavy atom. The van der Waals surface area contributed by atoms with Crippen LogP contribution in [0.5, 0.6) is 5.75 Å². The number of phenols is 1. The normalized spacial score (nSPS) is 10.2. The molecule has 0 atom stereocenters. The summed E-state index contributed by atoms with van der Waals surface area (Å²) in [6.45, 7) is 2.12. The topological polar surface area (TPSA) is 20.2 Å². The van der Waals surface area contributed by atoms with Crippen LogP contribution in [0.25, 0.3) is 10.8 Å². The van der Waals surface area contributed by atoms with Crippen LogP contribution in [0, 0.1) is 12.3 Å². The van der Waals surface area contributed by atoms with Gasteiger partial charge in [-0.05, 0) is 35.6 Å². The summed E-state index contributed by atoms with van der Waals surface area (Å²) in [5.41, 5.74) is 2.03. The summed E-state index contributed by atoms with van der Waals surface area (Å²) in [5.74, 6) is 3.02. The van der Waals surface area contributed by atoms with Gasteiger partial charge < -0.3 is 5.11 Å². The monoisotopic (exact) mass is 210 g/mol. The van der Waals surface area contributed by atoms with Crippen LogP contribution in [0.1, 0.15) is 24.5 Å². The van der Waals surface area contributed by atoms with Crippen LogP contribution in [-0.4, -0.2) is 5.11 Å². The van der Waals surface area contributed by atoms with E-state index in [9.17, 15) is 5.11 Å². The van der Waals surface area contributed by atoms with Crippen LogP contribution in [0.2, 0.25) is 0 Å². The van der Waals surface area contributed by atoms with E-state index in [0.717, 1.165) is 34.7 Å². The first kappa shape index (κ1) is 10.6. The predicted octanol–water partition coefficient (Wildman–Crippen LogP) is 3.48. The summed E-state index contributed by atoms with van der Waals surface area (Å²) >= 11 is 0. The zero-order valence-corrected chi connectivity index (χ0v) is 9.33. The molecule has 0 aliphatic heterocycles. The third-order valence-electron chi connectivity index (χ3n) is 2.72. The van der Waals surface area contributed by atoms with Gasteiger partial charge in [-0.25, -0.2) is 0 Å². The quantitative estimate of drug-likeness (QED) is 0.752. The Morgan fingerprint density at radius 3 is 2.81 bits per heavy atom. The van der Waals surface area contributed by atoms with Crippen molar-refractivity contribution in [3.05, 3.63) is 41.5 Å². The first-order chi connectivity index (χ1) is 7.76. The average Bonchev–Trinajstić information content (AvgIpc) is 2.28. The van der Waals surface area contributed by atoms with Gasteiger partial charge in [0.15, 0.2) is 0 Å². The van der Waals surface area contributed by atoms with E-state index < -0.39 is 0 Å². The van der Waals surface area contributed by atoms with E-state index in [1.165, 1.54) is 0 Å². The third kappa shape index (κ3) is 1.75. The van der Waals surface area contributed by atoms with Gasteiger partial charge in [0, 0.05) is 10.9 Å². The molecular formula is C15H14O. The van der Waals surface area contributed by atoms with Gasteiger partial charge in [0.05, 0.1) is 0 Å². The average molecular weight is 210 g/mol. The van der Waals surface area contributed by atoms with Gasteiger partial charge in [0.1, 0.15) is 5.75 Å². The number of fused-ring (bicyclic) bond motifs is 1. The number of benzene rings is 2. The Kier molecular flexibility index (Phi) is 2.83. The van der Waals surface area contributed by atoms with Crippen molar-refractivity contribution in [3.63, 3.8) is 0 Å². The first-order valence-electron chi connectivity index (χ1n) is 5.47. The number of rotatable bonds is 2. The second kappa shape index (κ2) is 4.28. The van der Waals surface area contributed by atoms with Crippen LogP contribution < -0.4 is 0 Å². The smallest absolute Gasteiger partial charge is 0.116 e. The fraction of sp³-hybridized carbons (Fsp3) is 0.200. The predicted molar refractivity (Wildman–Crippen MR) is 67.5 cm³/mol. The van der Waals surface area contributed by atoms with E-state index in [1.54, 1.807) is 6.07 Å². The molecule has 16 heavy (non-hydrogen) atoms. The standard InChI is InChI=1S/C15H14O/c1-3-6-12-9-14(16)10-13-8-5-7-11(4-2)15(12)13/h2,5,7-10,16H,3,6H2,1H3. The molecule has 0 heterocycles. The maximum absolute atomic E-state index is 9.65. The fourth-order valence-corrected chi connectivity index (χ4v) is 2.09. The summed E-state index contributed by atoms with van der Waals surface area (Å²) in [6.07, 6.45) is 7.48. The third-order valence-corrected chi connectivity index (χ3v) is 2.72. The van der Waals surface area contributed by atoms with E-state index in [2.05, 4.69) is 12.8 Å². The van der Waals surface area contributed by atoms with Crippen molar-refractivity contribution < 1.29 is 5.11 Å². The lowest BCUT2D eigenvalue weighted by atomic mass is 9.96. The molecule has 80 valence electrons. The van der Waals surface area contributed by atoms with Crippen LogP contribution >= 0.6 is 0 Å². The minimum atomic E-state index is 0.310. The molecule has 0 aliphatic rings. The van der Waals surface area contributed by atoms with E-state index in [-0.39, 0.29) is 0 Å². The second-order valence-electron chi connectivity index (χ2n) is 3.90. The van der Waals surface area contributed by atoms with Crippen molar-refractivity contribution in [3.8, 4) is 18.1 Å². The molecule has 0 unspecified atom stereocenters. The van der Waals surface area contributed by atoms with Crippen LogP contribution in [0.4, 0.5) is 0 Å². The molecule has 0 fully saturated rings. The molecule has 0 amide bonds. The van der Waals surface area contributed by atoms with Gasteiger partial charge in [-0.3, -0.25) is 0 Å². The molecule has 1 heteroatoms. The minimum absolute atomic E-state index is 0.310. The summed E-state index contributed by atoms with van der Waals surface area (Å²) < 4.78 is 0.